The van der Waals surface area contributed by atoms with Gasteiger partial charge in [-0.3, -0.25) is 14.9 Å². The number of ether oxygens (including phenoxy) is 1. The molecule has 0 aliphatic carbocycles. The van der Waals surface area contributed by atoms with Gasteiger partial charge < -0.3 is 4.74 Å². The molecule has 2 aromatic rings. The number of carbonyl (C=O) groups is 3. The lowest BCUT2D eigenvalue weighted by Gasteiger charge is -2.26. The number of hydrogen-bond acceptors (Lipinski definition) is 5. The molecule has 0 unspecified atom stereocenters. The lowest BCUT2D eigenvalue weighted by atomic mass is 10.0. The van der Waals surface area contributed by atoms with Crippen molar-refractivity contribution in [3.8, 4) is 11.8 Å². The van der Waals surface area contributed by atoms with E-state index in [0.29, 0.717) is 23.4 Å². The Morgan fingerprint density at radius 2 is 1.90 bits per heavy atom. The molecule has 7 nitrogen and oxygen atoms in total. The van der Waals surface area contributed by atoms with Crippen LogP contribution < -0.4 is 15.0 Å². The molecular weight excluding hydrogens is 382 g/mol. The van der Waals surface area contributed by atoms with Gasteiger partial charge in [0.25, 0.3) is 11.8 Å². The molecule has 0 atom stereocenters. The maximum Gasteiger partial charge on any atom is 0.335 e. The Hall–Kier alpha value is -4.18. The van der Waals surface area contributed by atoms with Crippen molar-refractivity contribution >= 4 is 29.6 Å². The fourth-order valence-electron chi connectivity index (χ4n) is 3.01. The third-order valence-electron chi connectivity index (χ3n) is 4.45. The van der Waals surface area contributed by atoms with Gasteiger partial charge in [0.15, 0.2) is 6.61 Å². The van der Waals surface area contributed by atoms with Crippen LogP contribution in [0.15, 0.2) is 60.7 Å². The Bertz CT molecular complexity index is 1090. The Balaban J connectivity index is 1.97. The molecule has 150 valence electrons. The van der Waals surface area contributed by atoms with Gasteiger partial charge in [0.2, 0.25) is 0 Å². The van der Waals surface area contributed by atoms with Gasteiger partial charge in [-0.15, -0.1) is 6.58 Å². The number of amides is 4. The lowest BCUT2D eigenvalue weighted by Crippen LogP contribution is -2.54. The first kappa shape index (κ1) is 20.6. The number of anilines is 1. The van der Waals surface area contributed by atoms with Crippen LogP contribution in [0.2, 0.25) is 0 Å². The average Bonchev–Trinajstić information content (AvgIpc) is 2.72. The smallest absolute Gasteiger partial charge is 0.335 e. The topological polar surface area (TPSA) is 99.5 Å². The number of nitriles is 1. The summed E-state index contributed by atoms with van der Waals surface area (Å²) < 4.78 is 5.40. The van der Waals surface area contributed by atoms with Gasteiger partial charge in [0, 0.05) is 0 Å². The van der Waals surface area contributed by atoms with E-state index in [9.17, 15) is 14.4 Å². The molecule has 0 spiro atoms. The van der Waals surface area contributed by atoms with E-state index in [4.69, 9.17) is 10.00 Å². The third-order valence-corrected chi connectivity index (χ3v) is 4.45. The first-order valence-corrected chi connectivity index (χ1v) is 9.16. The quantitative estimate of drug-likeness (QED) is 0.455. The second-order valence-electron chi connectivity index (χ2n) is 6.60. The maximum absolute atomic E-state index is 13.0. The number of barbiturate groups is 1. The van der Waals surface area contributed by atoms with Gasteiger partial charge in [-0.2, -0.15) is 5.26 Å². The van der Waals surface area contributed by atoms with E-state index in [1.54, 1.807) is 48.5 Å². The van der Waals surface area contributed by atoms with Crippen molar-refractivity contribution in [1.82, 2.24) is 5.32 Å². The number of aryl methyl sites for hydroxylation is 1. The lowest BCUT2D eigenvalue weighted by molar-refractivity contribution is -0.122. The largest absolute Gasteiger partial charge is 0.478 e. The molecule has 1 heterocycles. The summed E-state index contributed by atoms with van der Waals surface area (Å²) in [7, 11) is 0. The molecule has 1 aliphatic rings. The number of nitrogens with zero attached hydrogens (tertiary/aromatic N) is 2. The second-order valence-corrected chi connectivity index (χ2v) is 6.60. The predicted molar refractivity (Wildman–Crippen MR) is 112 cm³/mol. The van der Waals surface area contributed by atoms with Crippen LogP contribution in [-0.4, -0.2) is 24.5 Å². The number of urea groups is 1. The first-order chi connectivity index (χ1) is 14.4. The van der Waals surface area contributed by atoms with Crippen LogP contribution >= 0.6 is 0 Å². The van der Waals surface area contributed by atoms with Crippen molar-refractivity contribution < 1.29 is 19.1 Å². The summed E-state index contributed by atoms with van der Waals surface area (Å²) in [6, 6.07) is 13.0. The van der Waals surface area contributed by atoms with Crippen molar-refractivity contribution in [2.24, 2.45) is 0 Å². The Morgan fingerprint density at radius 3 is 2.57 bits per heavy atom. The van der Waals surface area contributed by atoms with Crippen LogP contribution in [0.5, 0.6) is 5.75 Å². The van der Waals surface area contributed by atoms with Crippen molar-refractivity contribution in [3.05, 3.63) is 77.4 Å². The fourth-order valence-corrected chi connectivity index (χ4v) is 3.01. The van der Waals surface area contributed by atoms with Crippen molar-refractivity contribution in [2.45, 2.75) is 13.3 Å². The highest BCUT2D eigenvalue weighted by molar-refractivity contribution is 6.39. The second kappa shape index (κ2) is 8.88. The van der Waals surface area contributed by atoms with Crippen molar-refractivity contribution in [2.75, 3.05) is 11.5 Å². The number of allylic oxidation sites excluding steroid dienone is 1. The molecule has 1 fully saturated rings. The standard InChI is InChI=1S/C23H19N3O4/c1-3-4-17-13-16(7-10-20(17)30-12-11-24)14-19-21(27)25-23(29)26(22(19)28)18-8-5-15(2)6-9-18/h3,5-10,13-14H,1,4,12H2,2H3,(H,25,27,29)/b19-14+. The molecule has 30 heavy (non-hydrogen) atoms. The van der Waals surface area contributed by atoms with Crippen molar-refractivity contribution in [3.63, 3.8) is 0 Å². The van der Waals surface area contributed by atoms with Crippen LogP contribution in [0.3, 0.4) is 0 Å². The molecule has 7 heteroatoms. The van der Waals surface area contributed by atoms with E-state index in [1.807, 2.05) is 13.0 Å². The minimum absolute atomic E-state index is 0.0981. The molecule has 1 saturated heterocycles. The predicted octanol–water partition coefficient (Wildman–Crippen LogP) is 3.29. The van der Waals surface area contributed by atoms with Crippen LogP contribution in [0, 0.1) is 18.3 Å². The summed E-state index contributed by atoms with van der Waals surface area (Å²) in [5.41, 5.74) is 2.51. The average molecular weight is 401 g/mol. The van der Waals surface area contributed by atoms with E-state index < -0.39 is 17.8 Å². The zero-order chi connectivity index (χ0) is 21.7. The van der Waals surface area contributed by atoms with Crippen LogP contribution in [0.25, 0.3) is 6.08 Å². The highest BCUT2D eigenvalue weighted by Crippen LogP contribution is 2.25. The number of benzene rings is 2. The zero-order valence-electron chi connectivity index (χ0n) is 16.3. The van der Waals surface area contributed by atoms with E-state index in [1.165, 1.54) is 6.08 Å². The van der Waals surface area contributed by atoms with Gasteiger partial charge in [0.05, 0.1) is 5.69 Å². The van der Waals surface area contributed by atoms with E-state index in [-0.39, 0.29) is 12.2 Å². The minimum Gasteiger partial charge on any atom is -0.478 e. The number of nitrogens with one attached hydrogen (secondary N) is 1. The number of imide groups is 2. The summed E-state index contributed by atoms with van der Waals surface area (Å²) in [4.78, 5) is 38.5. The SMILES string of the molecule is C=CCc1cc(/C=C2\C(=O)NC(=O)N(c3ccc(C)cc3)C2=O)ccc1OCC#N. The summed E-state index contributed by atoms with van der Waals surface area (Å²) in [5.74, 6) is -0.944. The summed E-state index contributed by atoms with van der Waals surface area (Å²) in [5, 5.41) is 10.9. The molecule has 1 N–H and O–H groups in total. The van der Waals surface area contributed by atoms with Crippen LogP contribution in [-0.2, 0) is 16.0 Å². The Kier molecular flexibility index (Phi) is 6.08. The number of rotatable bonds is 6. The normalized spacial score (nSPS) is 15.0. The molecule has 4 amide bonds. The molecule has 3 rings (SSSR count). The van der Waals surface area contributed by atoms with Crippen molar-refractivity contribution in [1.29, 1.82) is 5.26 Å². The highest BCUT2D eigenvalue weighted by atomic mass is 16.5. The highest BCUT2D eigenvalue weighted by Gasteiger charge is 2.36. The van der Waals surface area contributed by atoms with E-state index >= 15 is 0 Å². The number of carbonyl (C=O) groups excluding carboxylic acids is 3. The molecule has 0 bridgehead atoms. The monoisotopic (exact) mass is 401 g/mol. The Labute approximate surface area is 173 Å². The molecule has 1 aliphatic heterocycles. The first-order valence-electron chi connectivity index (χ1n) is 9.16. The third kappa shape index (κ3) is 4.28. The molecular formula is C23H19N3O4. The summed E-state index contributed by atoms with van der Waals surface area (Å²) in [6.07, 6.45) is 3.58. The maximum atomic E-state index is 13.0. The van der Waals surface area contributed by atoms with Gasteiger partial charge in [-0.1, -0.05) is 29.8 Å². The summed E-state index contributed by atoms with van der Waals surface area (Å²) in [6.45, 7) is 5.50. The van der Waals surface area contributed by atoms with E-state index in [2.05, 4.69) is 11.9 Å². The Morgan fingerprint density at radius 1 is 1.17 bits per heavy atom. The fraction of sp³-hybridized carbons (Fsp3) is 0.130. The van der Waals surface area contributed by atoms with Gasteiger partial charge >= 0.3 is 6.03 Å². The molecule has 0 radical (unpaired) electrons. The van der Waals surface area contributed by atoms with Gasteiger partial charge in [0.1, 0.15) is 17.4 Å². The van der Waals surface area contributed by atoms with Crippen LogP contribution in [0.1, 0.15) is 16.7 Å². The van der Waals surface area contributed by atoms with E-state index in [0.717, 1.165) is 16.0 Å². The zero-order valence-corrected chi connectivity index (χ0v) is 16.3. The van der Waals surface area contributed by atoms with Gasteiger partial charge in [-0.25, -0.2) is 9.69 Å². The van der Waals surface area contributed by atoms with Crippen LogP contribution in [0.4, 0.5) is 10.5 Å². The number of hydrogen-bond donors (Lipinski definition) is 1. The minimum atomic E-state index is -0.793. The molecule has 2 aromatic carbocycles. The summed E-state index contributed by atoms with van der Waals surface area (Å²) >= 11 is 0. The molecule has 0 aromatic heterocycles. The molecule has 0 saturated carbocycles. The van der Waals surface area contributed by atoms with Gasteiger partial charge in [-0.05, 0) is 54.8 Å².